The zero-order valence-corrected chi connectivity index (χ0v) is 10.5. The fourth-order valence-electron chi connectivity index (χ4n) is 2.71. The van der Waals surface area contributed by atoms with Crippen molar-refractivity contribution >= 4 is 16.7 Å². The number of nitrogens with zero attached hydrogens (tertiary/aromatic N) is 2. The van der Waals surface area contributed by atoms with Gasteiger partial charge >= 0.3 is 5.69 Å². The lowest BCUT2D eigenvalue weighted by molar-refractivity contribution is 0.445. The van der Waals surface area contributed by atoms with E-state index in [1.54, 1.807) is 0 Å². The second kappa shape index (κ2) is 4.44. The number of para-hydroxylation sites is 1. The second-order valence-electron chi connectivity index (χ2n) is 5.10. The van der Waals surface area contributed by atoms with Crippen LogP contribution in [0.15, 0.2) is 29.1 Å². The Bertz CT molecular complexity index is 620. The number of hydrogen-bond donors (Lipinski definition) is 1. The van der Waals surface area contributed by atoms with Gasteiger partial charge < -0.3 is 9.88 Å². The van der Waals surface area contributed by atoms with Crippen molar-refractivity contribution < 1.29 is 0 Å². The highest BCUT2D eigenvalue weighted by Gasteiger charge is 2.19. The van der Waals surface area contributed by atoms with Crippen LogP contribution < -0.4 is 10.6 Å². The number of piperidine rings is 1. The number of anilines is 1. The van der Waals surface area contributed by atoms with Gasteiger partial charge in [-0.15, -0.1) is 0 Å². The molecule has 0 aliphatic carbocycles. The van der Waals surface area contributed by atoms with Crippen molar-refractivity contribution in [3.05, 3.63) is 34.7 Å². The zero-order chi connectivity index (χ0) is 12.5. The fourth-order valence-corrected chi connectivity index (χ4v) is 2.71. The molecule has 1 N–H and O–H groups in total. The van der Waals surface area contributed by atoms with Crippen LogP contribution in [0.25, 0.3) is 10.9 Å². The van der Waals surface area contributed by atoms with Crippen molar-refractivity contribution in [2.75, 3.05) is 18.0 Å². The van der Waals surface area contributed by atoms with Crippen LogP contribution in [-0.2, 0) is 0 Å². The van der Waals surface area contributed by atoms with Crippen molar-refractivity contribution in [1.29, 1.82) is 0 Å². The molecule has 1 saturated heterocycles. The molecule has 0 saturated carbocycles. The summed E-state index contributed by atoms with van der Waals surface area (Å²) in [5.74, 6) is 1.50. The van der Waals surface area contributed by atoms with E-state index in [9.17, 15) is 4.79 Å². The summed E-state index contributed by atoms with van der Waals surface area (Å²) in [5.41, 5.74) is 0.604. The Morgan fingerprint density at radius 3 is 3.06 bits per heavy atom. The first-order valence-electron chi connectivity index (χ1n) is 6.48. The molecule has 1 aliphatic rings. The van der Waals surface area contributed by atoms with E-state index >= 15 is 0 Å². The van der Waals surface area contributed by atoms with Gasteiger partial charge in [0.1, 0.15) is 5.82 Å². The van der Waals surface area contributed by atoms with Gasteiger partial charge in [-0.1, -0.05) is 19.1 Å². The Balaban J connectivity index is 2.12. The fraction of sp³-hybridized carbons (Fsp3) is 0.429. The maximum Gasteiger partial charge on any atom is 0.347 e. The molecule has 0 radical (unpaired) electrons. The predicted octanol–water partition coefficient (Wildman–Crippen LogP) is 2.16. The van der Waals surface area contributed by atoms with Crippen LogP contribution in [0.4, 0.5) is 5.82 Å². The summed E-state index contributed by atoms with van der Waals surface area (Å²) in [6.45, 7) is 4.23. The summed E-state index contributed by atoms with van der Waals surface area (Å²) in [6, 6.07) is 7.86. The van der Waals surface area contributed by atoms with Crippen molar-refractivity contribution in [3.8, 4) is 0 Å². The number of benzene rings is 1. The van der Waals surface area contributed by atoms with E-state index in [0.29, 0.717) is 5.92 Å². The van der Waals surface area contributed by atoms with Crippen LogP contribution >= 0.6 is 0 Å². The first-order chi connectivity index (χ1) is 8.74. The molecule has 4 heteroatoms. The van der Waals surface area contributed by atoms with Crippen molar-refractivity contribution in [1.82, 2.24) is 9.97 Å². The Hall–Kier alpha value is -1.84. The molecule has 94 valence electrons. The number of hydrogen-bond acceptors (Lipinski definition) is 3. The summed E-state index contributed by atoms with van der Waals surface area (Å²) in [5, 5.41) is 1.03. The topological polar surface area (TPSA) is 49.0 Å². The molecular formula is C14H17N3O. The van der Waals surface area contributed by atoms with Gasteiger partial charge in [0.15, 0.2) is 0 Å². The van der Waals surface area contributed by atoms with Crippen LogP contribution in [0.5, 0.6) is 0 Å². The average molecular weight is 243 g/mol. The highest BCUT2D eigenvalue weighted by Crippen LogP contribution is 2.26. The van der Waals surface area contributed by atoms with Gasteiger partial charge in [-0.25, -0.2) is 4.79 Å². The smallest absolute Gasteiger partial charge is 0.347 e. The highest BCUT2D eigenvalue weighted by molar-refractivity contribution is 5.89. The lowest BCUT2D eigenvalue weighted by Gasteiger charge is -2.32. The molecule has 1 unspecified atom stereocenters. The Kier molecular flexibility index (Phi) is 2.78. The maximum absolute atomic E-state index is 11.6. The molecule has 1 aromatic carbocycles. The molecule has 1 aromatic heterocycles. The van der Waals surface area contributed by atoms with Crippen LogP contribution in [0, 0.1) is 5.92 Å². The quantitative estimate of drug-likeness (QED) is 0.835. The molecule has 4 nitrogen and oxygen atoms in total. The molecule has 0 amide bonds. The van der Waals surface area contributed by atoms with Gasteiger partial charge in [0, 0.05) is 18.5 Å². The average Bonchev–Trinajstić information content (AvgIpc) is 2.37. The van der Waals surface area contributed by atoms with E-state index in [-0.39, 0.29) is 5.69 Å². The van der Waals surface area contributed by atoms with Gasteiger partial charge in [-0.3, -0.25) is 0 Å². The summed E-state index contributed by atoms with van der Waals surface area (Å²) in [7, 11) is 0. The third-order valence-electron chi connectivity index (χ3n) is 3.57. The molecule has 0 spiro atoms. The lowest BCUT2D eigenvalue weighted by atomic mass is 10.00. The van der Waals surface area contributed by atoms with Crippen molar-refractivity contribution in [3.63, 3.8) is 0 Å². The van der Waals surface area contributed by atoms with E-state index in [1.807, 2.05) is 24.3 Å². The Morgan fingerprint density at radius 1 is 1.39 bits per heavy atom. The number of aromatic amines is 1. The molecule has 2 aromatic rings. The number of H-pyrrole nitrogens is 1. The Morgan fingerprint density at radius 2 is 2.22 bits per heavy atom. The molecular weight excluding hydrogens is 226 g/mol. The minimum atomic E-state index is -0.262. The number of nitrogens with one attached hydrogen (secondary N) is 1. The predicted molar refractivity (Wildman–Crippen MR) is 73.0 cm³/mol. The first-order valence-corrected chi connectivity index (χ1v) is 6.48. The second-order valence-corrected chi connectivity index (χ2v) is 5.10. The minimum Gasteiger partial charge on any atom is -0.356 e. The summed E-state index contributed by atoms with van der Waals surface area (Å²) in [6.07, 6.45) is 2.43. The van der Waals surface area contributed by atoms with Crippen LogP contribution in [0.2, 0.25) is 0 Å². The van der Waals surface area contributed by atoms with Crippen LogP contribution in [0.3, 0.4) is 0 Å². The minimum absolute atomic E-state index is 0.262. The maximum atomic E-state index is 11.6. The molecule has 3 rings (SSSR count). The van der Waals surface area contributed by atoms with Gasteiger partial charge in [0.25, 0.3) is 0 Å². The molecule has 1 atom stereocenters. The molecule has 2 heterocycles. The largest absolute Gasteiger partial charge is 0.356 e. The Labute approximate surface area is 106 Å². The van der Waals surface area contributed by atoms with E-state index in [1.165, 1.54) is 12.8 Å². The normalized spacial score (nSPS) is 20.3. The van der Waals surface area contributed by atoms with E-state index in [4.69, 9.17) is 0 Å². The molecule has 1 aliphatic heterocycles. The standard InChI is InChI=1S/C14H17N3O/c1-10-5-4-8-17(9-10)13-11-6-2-3-7-12(11)15-14(18)16-13/h2-3,6-7,10H,4-5,8-9H2,1H3,(H,15,16,18). The third kappa shape index (κ3) is 1.98. The lowest BCUT2D eigenvalue weighted by Crippen LogP contribution is -2.36. The van der Waals surface area contributed by atoms with E-state index in [2.05, 4.69) is 21.8 Å². The molecule has 18 heavy (non-hydrogen) atoms. The van der Waals surface area contributed by atoms with Crippen LogP contribution in [0.1, 0.15) is 19.8 Å². The van der Waals surface area contributed by atoms with Crippen molar-refractivity contribution in [2.24, 2.45) is 5.92 Å². The van der Waals surface area contributed by atoms with Gasteiger partial charge in [-0.2, -0.15) is 4.98 Å². The monoisotopic (exact) mass is 243 g/mol. The van der Waals surface area contributed by atoms with Crippen molar-refractivity contribution in [2.45, 2.75) is 19.8 Å². The number of aromatic nitrogens is 2. The SMILES string of the molecule is CC1CCCN(c2nc(=O)[nH]c3ccccc23)C1. The van der Waals surface area contributed by atoms with Gasteiger partial charge in [-0.05, 0) is 30.9 Å². The van der Waals surface area contributed by atoms with Gasteiger partial charge in [0.05, 0.1) is 5.52 Å². The van der Waals surface area contributed by atoms with E-state index in [0.717, 1.165) is 29.8 Å². The highest BCUT2D eigenvalue weighted by atomic mass is 16.1. The first kappa shape index (κ1) is 11.3. The molecule has 1 fully saturated rings. The van der Waals surface area contributed by atoms with E-state index < -0.39 is 0 Å². The summed E-state index contributed by atoms with van der Waals surface area (Å²) in [4.78, 5) is 20.8. The summed E-state index contributed by atoms with van der Waals surface area (Å²) < 4.78 is 0. The third-order valence-corrected chi connectivity index (χ3v) is 3.57. The zero-order valence-electron chi connectivity index (χ0n) is 10.5. The van der Waals surface area contributed by atoms with Gasteiger partial charge in [0.2, 0.25) is 0 Å². The molecule has 0 bridgehead atoms. The number of fused-ring (bicyclic) bond motifs is 1. The number of rotatable bonds is 1. The van der Waals surface area contributed by atoms with Crippen LogP contribution in [-0.4, -0.2) is 23.1 Å². The summed E-state index contributed by atoms with van der Waals surface area (Å²) >= 11 is 0.